The van der Waals surface area contributed by atoms with Crippen LogP contribution in [0.4, 0.5) is 0 Å². The molecule has 0 spiro atoms. The molecule has 0 aromatic rings. The van der Waals surface area contributed by atoms with E-state index in [0.29, 0.717) is 6.04 Å². The molecule has 0 heterocycles. The Kier molecular flexibility index (Phi) is 5.40. The third-order valence-electron chi connectivity index (χ3n) is 3.30. The van der Waals surface area contributed by atoms with E-state index in [9.17, 15) is 0 Å². The summed E-state index contributed by atoms with van der Waals surface area (Å²) in [5.74, 6) is 6.37. The number of unbranched alkanes of at least 4 members (excludes halogenated alkanes) is 3. The minimum Gasteiger partial charge on any atom is -0.271 e. The molecule has 1 aliphatic rings. The first kappa shape index (κ1) is 11.0. The third kappa shape index (κ3) is 3.65. The van der Waals surface area contributed by atoms with Gasteiger partial charge in [-0.15, -0.1) is 0 Å². The predicted octanol–water partition coefficient (Wildman–Crippen LogP) is 2.59. The molecule has 2 nitrogen and oxygen atoms in total. The van der Waals surface area contributed by atoms with E-state index in [2.05, 4.69) is 12.3 Å². The van der Waals surface area contributed by atoms with Crippen LogP contribution in [0.3, 0.4) is 0 Å². The van der Waals surface area contributed by atoms with Crippen molar-refractivity contribution < 1.29 is 0 Å². The van der Waals surface area contributed by atoms with E-state index < -0.39 is 0 Å². The lowest BCUT2D eigenvalue weighted by Gasteiger charge is -2.18. The van der Waals surface area contributed by atoms with Gasteiger partial charge in [-0.25, -0.2) is 0 Å². The maximum Gasteiger partial charge on any atom is 0.0238 e. The molecule has 0 aromatic heterocycles. The fourth-order valence-corrected chi connectivity index (χ4v) is 2.44. The van der Waals surface area contributed by atoms with E-state index >= 15 is 0 Å². The Morgan fingerprint density at radius 1 is 1.23 bits per heavy atom. The van der Waals surface area contributed by atoms with E-state index in [1.165, 1.54) is 51.4 Å². The minimum atomic E-state index is 0.613. The van der Waals surface area contributed by atoms with Crippen LogP contribution in [0.15, 0.2) is 0 Å². The Morgan fingerprint density at radius 3 is 2.77 bits per heavy atom. The normalized spacial score (nSPS) is 28.2. The highest BCUT2D eigenvalue weighted by Gasteiger charge is 2.25. The van der Waals surface area contributed by atoms with E-state index in [1.54, 1.807) is 0 Å². The van der Waals surface area contributed by atoms with Gasteiger partial charge >= 0.3 is 0 Å². The molecule has 78 valence electrons. The highest BCUT2D eigenvalue weighted by molar-refractivity contribution is 4.81. The Morgan fingerprint density at radius 2 is 2.08 bits per heavy atom. The molecule has 2 heteroatoms. The van der Waals surface area contributed by atoms with Gasteiger partial charge < -0.3 is 0 Å². The van der Waals surface area contributed by atoms with Gasteiger partial charge in [0.15, 0.2) is 0 Å². The van der Waals surface area contributed by atoms with Crippen LogP contribution in [0.2, 0.25) is 0 Å². The minimum absolute atomic E-state index is 0.613. The van der Waals surface area contributed by atoms with Crippen LogP contribution in [0.5, 0.6) is 0 Å². The average Bonchev–Trinajstić information content (AvgIpc) is 2.60. The molecule has 0 radical (unpaired) electrons. The highest BCUT2D eigenvalue weighted by atomic mass is 15.2. The lowest BCUT2D eigenvalue weighted by Crippen LogP contribution is -2.37. The van der Waals surface area contributed by atoms with Gasteiger partial charge in [0.05, 0.1) is 0 Å². The van der Waals surface area contributed by atoms with Gasteiger partial charge in [-0.1, -0.05) is 39.0 Å². The van der Waals surface area contributed by atoms with Crippen LogP contribution in [-0.4, -0.2) is 6.04 Å². The van der Waals surface area contributed by atoms with Gasteiger partial charge in [0.2, 0.25) is 0 Å². The highest BCUT2D eigenvalue weighted by Crippen LogP contribution is 2.29. The first-order chi connectivity index (χ1) is 6.38. The molecule has 1 aliphatic carbocycles. The van der Waals surface area contributed by atoms with Crippen molar-refractivity contribution in [2.24, 2.45) is 11.8 Å². The monoisotopic (exact) mass is 184 g/mol. The van der Waals surface area contributed by atoms with Crippen LogP contribution >= 0.6 is 0 Å². The number of nitrogens with two attached hydrogens (primary N) is 1. The zero-order chi connectivity index (χ0) is 9.52. The van der Waals surface area contributed by atoms with Crippen molar-refractivity contribution in [3.8, 4) is 0 Å². The summed E-state index contributed by atoms with van der Waals surface area (Å²) >= 11 is 0. The largest absolute Gasteiger partial charge is 0.271 e. The van der Waals surface area contributed by atoms with Crippen molar-refractivity contribution >= 4 is 0 Å². The molecular formula is C11H24N2. The van der Waals surface area contributed by atoms with Crippen molar-refractivity contribution in [3.05, 3.63) is 0 Å². The molecule has 0 saturated heterocycles. The van der Waals surface area contributed by atoms with Crippen LogP contribution in [-0.2, 0) is 0 Å². The number of hydrazine groups is 1. The molecule has 1 saturated carbocycles. The summed E-state index contributed by atoms with van der Waals surface area (Å²) in [5.41, 5.74) is 2.95. The molecule has 0 aromatic carbocycles. The lowest BCUT2D eigenvalue weighted by atomic mass is 9.96. The molecule has 0 amide bonds. The van der Waals surface area contributed by atoms with E-state index in [0.717, 1.165) is 5.92 Å². The Bertz CT molecular complexity index is 125. The Labute approximate surface area is 82.2 Å². The van der Waals surface area contributed by atoms with Gasteiger partial charge in [0.1, 0.15) is 0 Å². The summed E-state index contributed by atoms with van der Waals surface area (Å²) in [6, 6.07) is 0.613. The zero-order valence-corrected chi connectivity index (χ0v) is 8.89. The lowest BCUT2D eigenvalue weighted by molar-refractivity contribution is 0.371. The van der Waals surface area contributed by atoms with Gasteiger partial charge in [-0.2, -0.15) is 0 Å². The van der Waals surface area contributed by atoms with Crippen molar-refractivity contribution in [2.75, 3.05) is 0 Å². The fourth-order valence-electron chi connectivity index (χ4n) is 2.44. The van der Waals surface area contributed by atoms with Crippen molar-refractivity contribution in [2.45, 2.75) is 64.3 Å². The summed E-state index contributed by atoms with van der Waals surface area (Å²) in [7, 11) is 0. The molecule has 1 fully saturated rings. The van der Waals surface area contributed by atoms with Crippen molar-refractivity contribution in [1.82, 2.24) is 5.43 Å². The predicted molar refractivity (Wildman–Crippen MR) is 57.2 cm³/mol. The van der Waals surface area contributed by atoms with E-state index in [1.807, 2.05) is 0 Å². The van der Waals surface area contributed by atoms with Gasteiger partial charge in [-0.3, -0.25) is 11.3 Å². The first-order valence-electron chi connectivity index (χ1n) is 5.84. The number of rotatable bonds is 6. The molecule has 2 atom stereocenters. The van der Waals surface area contributed by atoms with E-state index in [-0.39, 0.29) is 0 Å². The third-order valence-corrected chi connectivity index (χ3v) is 3.30. The Balaban J connectivity index is 2.06. The van der Waals surface area contributed by atoms with Crippen LogP contribution < -0.4 is 11.3 Å². The fraction of sp³-hybridized carbons (Fsp3) is 1.00. The number of hydrogen-bond acceptors (Lipinski definition) is 2. The number of nitrogens with one attached hydrogen (secondary N) is 1. The van der Waals surface area contributed by atoms with Crippen molar-refractivity contribution in [1.29, 1.82) is 0 Å². The second-order valence-corrected chi connectivity index (χ2v) is 4.31. The average molecular weight is 184 g/mol. The molecule has 0 bridgehead atoms. The van der Waals surface area contributed by atoms with Gasteiger partial charge in [-0.05, 0) is 25.2 Å². The SMILES string of the molecule is CCCCCC[C@@H]1CCC[C@@H]1NN. The molecule has 3 N–H and O–H groups in total. The smallest absolute Gasteiger partial charge is 0.0238 e. The second-order valence-electron chi connectivity index (χ2n) is 4.31. The summed E-state index contributed by atoms with van der Waals surface area (Å²) in [4.78, 5) is 0. The summed E-state index contributed by atoms with van der Waals surface area (Å²) in [6.45, 7) is 2.26. The van der Waals surface area contributed by atoms with Gasteiger partial charge in [0, 0.05) is 6.04 Å². The molecule has 0 unspecified atom stereocenters. The molecule has 0 aliphatic heterocycles. The first-order valence-corrected chi connectivity index (χ1v) is 5.84. The maximum atomic E-state index is 5.50. The molecular weight excluding hydrogens is 160 g/mol. The second kappa shape index (κ2) is 6.39. The summed E-state index contributed by atoms with van der Waals surface area (Å²) in [5, 5.41) is 0. The maximum absolute atomic E-state index is 5.50. The van der Waals surface area contributed by atoms with Crippen LogP contribution in [0, 0.1) is 5.92 Å². The van der Waals surface area contributed by atoms with Crippen molar-refractivity contribution in [3.63, 3.8) is 0 Å². The standard InChI is InChI=1S/C11H24N2/c1-2-3-4-5-7-10-8-6-9-11(10)13-12/h10-11,13H,2-9,12H2,1H3/t10-,11+/m1/s1. The Hall–Kier alpha value is -0.0800. The topological polar surface area (TPSA) is 38.0 Å². The molecule has 13 heavy (non-hydrogen) atoms. The summed E-state index contributed by atoms with van der Waals surface area (Å²) in [6.07, 6.45) is 11.0. The van der Waals surface area contributed by atoms with Crippen LogP contribution in [0.25, 0.3) is 0 Å². The molecule has 1 rings (SSSR count). The quantitative estimate of drug-likeness (QED) is 0.378. The summed E-state index contributed by atoms with van der Waals surface area (Å²) < 4.78 is 0. The van der Waals surface area contributed by atoms with Crippen LogP contribution in [0.1, 0.15) is 58.3 Å². The zero-order valence-electron chi connectivity index (χ0n) is 8.89. The van der Waals surface area contributed by atoms with Gasteiger partial charge in [0.25, 0.3) is 0 Å². The number of hydrogen-bond donors (Lipinski definition) is 2. The van der Waals surface area contributed by atoms with E-state index in [4.69, 9.17) is 5.84 Å².